The van der Waals surface area contributed by atoms with Crippen LogP contribution in [0.3, 0.4) is 0 Å². The lowest BCUT2D eigenvalue weighted by Gasteiger charge is -2.19. The van der Waals surface area contributed by atoms with E-state index in [1.807, 2.05) is 0 Å². The van der Waals surface area contributed by atoms with Gasteiger partial charge in [-0.3, -0.25) is 0 Å². The number of aryl methyl sites for hydroxylation is 2. The van der Waals surface area contributed by atoms with E-state index in [1.54, 1.807) is 11.3 Å². The van der Waals surface area contributed by atoms with Gasteiger partial charge >= 0.3 is 0 Å². The van der Waals surface area contributed by atoms with E-state index in [4.69, 9.17) is 0 Å². The van der Waals surface area contributed by atoms with Gasteiger partial charge in [0.25, 0.3) is 0 Å². The molecule has 4 heteroatoms. The first-order valence-corrected chi connectivity index (χ1v) is 8.27. The normalized spacial score (nSPS) is 11.9. The summed E-state index contributed by atoms with van der Waals surface area (Å²) >= 11 is 1.73. The van der Waals surface area contributed by atoms with Crippen molar-refractivity contribution in [3.05, 3.63) is 44.9 Å². The fourth-order valence-electron chi connectivity index (χ4n) is 2.16. The summed E-state index contributed by atoms with van der Waals surface area (Å²) in [7, 11) is 0. The summed E-state index contributed by atoms with van der Waals surface area (Å²) in [6, 6.07) is 6.58. The predicted octanol–water partition coefficient (Wildman–Crippen LogP) is 3.68. The molecular formula is C17H25N3S. The van der Waals surface area contributed by atoms with Crippen LogP contribution in [0.15, 0.2) is 18.2 Å². The van der Waals surface area contributed by atoms with Gasteiger partial charge in [-0.1, -0.05) is 23.8 Å². The molecule has 114 valence electrons. The maximum absolute atomic E-state index is 4.34. The number of aromatic nitrogens is 2. The molecule has 0 aliphatic heterocycles. The largest absolute Gasteiger partial charge is 0.312 e. The van der Waals surface area contributed by atoms with Crippen LogP contribution in [0.25, 0.3) is 0 Å². The number of hydrogen-bond donors (Lipinski definition) is 1. The van der Waals surface area contributed by atoms with Crippen LogP contribution < -0.4 is 5.32 Å². The van der Waals surface area contributed by atoms with Crippen molar-refractivity contribution < 1.29 is 0 Å². The van der Waals surface area contributed by atoms with E-state index in [2.05, 4.69) is 68.3 Å². The quantitative estimate of drug-likeness (QED) is 0.915. The molecule has 0 atom stereocenters. The van der Waals surface area contributed by atoms with Crippen molar-refractivity contribution >= 4 is 11.3 Å². The van der Waals surface area contributed by atoms with Crippen LogP contribution in [0.4, 0.5) is 0 Å². The van der Waals surface area contributed by atoms with Gasteiger partial charge in [0.05, 0.1) is 0 Å². The fraction of sp³-hybridized carbons (Fsp3) is 0.529. The fourth-order valence-corrected chi connectivity index (χ4v) is 3.03. The first-order chi connectivity index (χ1) is 9.83. The Morgan fingerprint density at radius 1 is 1.10 bits per heavy atom. The Balaban J connectivity index is 1.95. The van der Waals surface area contributed by atoms with Crippen LogP contribution in [-0.2, 0) is 12.8 Å². The Bertz CT molecular complexity index is 596. The van der Waals surface area contributed by atoms with Crippen molar-refractivity contribution in [2.75, 3.05) is 6.54 Å². The molecule has 1 N–H and O–H groups in total. The Kier molecular flexibility index (Phi) is 5.12. The summed E-state index contributed by atoms with van der Waals surface area (Å²) in [4.78, 5) is 0. The van der Waals surface area contributed by atoms with E-state index in [1.165, 1.54) is 16.7 Å². The lowest BCUT2D eigenvalue weighted by molar-refractivity contribution is 0.429. The highest BCUT2D eigenvalue weighted by Gasteiger charge is 2.10. The van der Waals surface area contributed by atoms with Gasteiger partial charge in [-0.15, -0.1) is 21.5 Å². The van der Waals surface area contributed by atoms with Crippen molar-refractivity contribution in [2.24, 2.45) is 0 Å². The summed E-state index contributed by atoms with van der Waals surface area (Å²) in [5.74, 6) is 0. The third kappa shape index (κ3) is 5.21. The average Bonchev–Trinajstić information content (AvgIpc) is 2.80. The van der Waals surface area contributed by atoms with Crippen molar-refractivity contribution in [1.29, 1.82) is 0 Å². The molecule has 3 nitrogen and oxygen atoms in total. The number of rotatable bonds is 5. The van der Waals surface area contributed by atoms with Crippen LogP contribution >= 0.6 is 11.3 Å². The van der Waals surface area contributed by atoms with Crippen molar-refractivity contribution in [2.45, 2.75) is 53.0 Å². The molecule has 0 saturated heterocycles. The molecule has 0 aliphatic carbocycles. The lowest BCUT2D eigenvalue weighted by atomic mass is 10.0. The number of nitrogens with one attached hydrogen (secondary N) is 1. The molecule has 1 heterocycles. The van der Waals surface area contributed by atoms with Gasteiger partial charge in [0.1, 0.15) is 10.0 Å². The van der Waals surface area contributed by atoms with Gasteiger partial charge in [0.2, 0.25) is 0 Å². The van der Waals surface area contributed by atoms with Crippen LogP contribution in [0, 0.1) is 13.8 Å². The monoisotopic (exact) mass is 303 g/mol. The summed E-state index contributed by atoms with van der Waals surface area (Å²) in [5.41, 5.74) is 4.14. The average molecular weight is 303 g/mol. The molecule has 21 heavy (non-hydrogen) atoms. The molecule has 0 saturated carbocycles. The van der Waals surface area contributed by atoms with Crippen LogP contribution in [0.5, 0.6) is 0 Å². The highest BCUT2D eigenvalue weighted by atomic mass is 32.1. The predicted molar refractivity (Wildman–Crippen MR) is 90.1 cm³/mol. The highest BCUT2D eigenvalue weighted by molar-refractivity contribution is 7.11. The van der Waals surface area contributed by atoms with Gasteiger partial charge in [-0.25, -0.2) is 0 Å². The second kappa shape index (κ2) is 6.67. The summed E-state index contributed by atoms with van der Waals surface area (Å²) < 4.78 is 0. The number of benzene rings is 1. The van der Waals surface area contributed by atoms with E-state index in [-0.39, 0.29) is 5.54 Å². The van der Waals surface area contributed by atoms with Crippen LogP contribution in [-0.4, -0.2) is 22.3 Å². The summed E-state index contributed by atoms with van der Waals surface area (Å²) in [6.07, 6.45) is 1.83. The minimum atomic E-state index is 0.159. The molecule has 0 amide bonds. The van der Waals surface area contributed by atoms with E-state index in [9.17, 15) is 0 Å². The summed E-state index contributed by atoms with van der Waals surface area (Å²) in [5, 5.41) is 14.4. The van der Waals surface area contributed by atoms with Gasteiger partial charge in [-0.05, 0) is 45.7 Å². The number of hydrogen-bond acceptors (Lipinski definition) is 4. The zero-order valence-electron chi connectivity index (χ0n) is 13.7. The molecule has 0 unspecified atom stereocenters. The van der Waals surface area contributed by atoms with Crippen LogP contribution in [0.1, 0.15) is 47.5 Å². The molecule has 0 aliphatic rings. The van der Waals surface area contributed by atoms with Crippen molar-refractivity contribution in [3.8, 4) is 0 Å². The first kappa shape index (κ1) is 16.1. The van der Waals surface area contributed by atoms with Gasteiger partial charge < -0.3 is 5.32 Å². The highest BCUT2D eigenvalue weighted by Crippen LogP contribution is 2.18. The third-order valence-electron chi connectivity index (χ3n) is 3.35. The third-order valence-corrected chi connectivity index (χ3v) is 4.33. The second-order valence-electron chi connectivity index (χ2n) is 6.62. The number of nitrogens with zero attached hydrogens (tertiary/aromatic N) is 2. The topological polar surface area (TPSA) is 37.8 Å². The van der Waals surface area contributed by atoms with Gasteiger partial charge in [0.15, 0.2) is 0 Å². The smallest absolute Gasteiger partial charge is 0.121 e. The van der Waals surface area contributed by atoms with Gasteiger partial charge in [-0.2, -0.15) is 0 Å². The zero-order valence-corrected chi connectivity index (χ0v) is 14.5. The lowest BCUT2D eigenvalue weighted by Crippen LogP contribution is -2.37. The molecule has 2 rings (SSSR count). The molecular weight excluding hydrogens is 278 g/mol. The minimum absolute atomic E-state index is 0.159. The van der Waals surface area contributed by atoms with E-state index >= 15 is 0 Å². The standard InChI is InChI=1S/C17H25N3S/c1-12-6-7-13(2)14(10-12)11-16-20-19-15(21-16)8-9-18-17(3,4)5/h6-7,10,18H,8-9,11H2,1-5H3. The molecule has 1 aromatic heterocycles. The van der Waals surface area contributed by atoms with E-state index < -0.39 is 0 Å². The summed E-state index contributed by atoms with van der Waals surface area (Å²) in [6.45, 7) is 11.8. The SMILES string of the molecule is Cc1ccc(C)c(Cc2nnc(CCNC(C)(C)C)s2)c1. The zero-order chi connectivity index (χ0) is 15.5. The second-order valence-corrected chi connectivity index (χ2v) is 7.77. The van der Waals surface area contributed by atoms with E-state index in [0.717, 1.165) is 29.4 Å². The van der Waals surface area contributed by atoms with E-state index in [0.29, 0.717) is 0 Å². The Hall–Kier alpha value is -1.26. The Labute approximate surface area is 131 Å². The van der Waals surface area contributed by atoms with Crippen molar-refractivity contribution in [3.63, 3.8) is 0 Å². The Morgan fingerprint density at radius 2 is 1.81 bits per heavy atom. The maximum Gasteiger partial charge on any atom is 0.121 e. The van der Waals surface area contributed by atoms with Gasteiger partial charge in [0, 0.05) is 24.9 Å². The molecule has 2 aromatic rings. The minimum Gasteiger partial charge on any atom is -0.312 e. The maximum atomic E-state index is 4.34. The van der Waals surface area contributed by atoms with Crippen LogP contribution in [0.2, 0.25) is 0 Å². The molecule has 1 aromatic carbocycles. The van der Waals surface area contributed by atoms with Crippen molar-refractivity contribution in [1.82, 2.24) is 15.5 Å². The Morgan fingerprint density at radius 3 is 2.52 bits per heavy atom. The molecule has 0 fully saturated rings. The first-order valence-electron chi connectivity index (χ1n) is 7.46. The molecule has 0 spiro atoms. The molecule has 0 radical (unpaired) electrons. The molecule has 0 bridgehead atoms.